The normalized spacial score (nSPS) is 20.0. The van der Waals surface area contributed by atoms with Crippen molar-refractivity contribution in [2.45, 2.75) is 32.0 Å². The summed E-state index contributed by atoms with van der Waals surface area (Å²) in [5, 5.41) is 8.85. The SMILES string of the molecule is C=C/C=C\C=C/CC1=CNC(=O)C2=C(Cc3ccccc3Cl)C(NC[C@@H](C)N)NN12. The predicted octanol–water partition coefficient (Wildman–Crippen LogP) is 2.88. The lowest BCUT2D eigenvalue weighted by Gasteiger charge is -2.28. The second-order valence-corrected chi connectivity index (χ2v) is 7.69. The summed E-state index contributed by atoms with van der Waals surface area (Å²) in [5.41, 5.74) is 12.8. The van der Waals surface area contributed by atoms with E-state index in [2.05, 4.69) is 22.6 Å². The number of carbonyl (C=O) groups excluding carboxylic acids is 1. The fourth-order valence-electron chi connectivity index (χ4n) is 3.37. The van der Waals surface area contributed by atoms with Crippen LogP contribution in [0.3, 0.4) is 0 Å². The number of rotatable bonds is 9. The summed E-state index contributed by atoms with van der Waals surface area (Å²) in [4.78, 5) is 12.8. The van der Waals surface area contributed by atoms with Gasteiger partial charge >= 0.3 is 0 Å². The minimum atomic E-state index is -0.223. The largest absolute Gasteiger partial charge is 0.327 e. The molecule has 5 N–H and O–H groups in total. The van der Waals surface area contributed by atoms with Crippen LogP contribution in [0, 0.1) is 0 Å². The number of benzene rings is 1. The zero-order valence-electron chi connectivity index (χ0n) is 17.1. The molecule has 1 aromatic rings. The average molecular weight is 426 g/mol. The summed E-state index contributed by atoms with van der Waals surface area (Å²) in [5.74, 6) is -0.145. The van der Waals surface area contributed by atoms with Crippen LogP contribution in [-0.4, -0.2) is 29.7 Å². The van der Waals surface area contributed by atoms with Gasteiger partial charge in [0.1, 0.15) is 11.9 Å². The van der Waals surface area contributed by atoms with E-state index in [0.29, 0.717) is 30.1 Å². The van der Waals surface area contributed by atoms with E-state index in [4.69, 9.17) is 17.3 Å². The first-order chi connectivity index (χ1) is 14.5. The van der Waals surface area contributed by atoms with Crippen molar-refractivity contribution in [3.63, 3.8) is 0 Å². The summed E-state index contributed by atoms with van der Waals surface area (Å²) in [7, 11) is 0. The third-order valence-electron chi connectivity index (χ3n) is 4.81. The van der Waals surface area contributed by atoms with Gasteiger partial charge in [-0.2, -0.15) is 0 Å². The van der Waals surface area contributed by atoms with Crippen LogP contribution in [0.4, 0.5) is 0 Å². The summed E-state index contributed by atoms with van der Waals surface area (Å²) < 4.78 is 0. The van der Waals surface area contributed by atoms with Crippen LogP contribution in [0.5, 0.6) is 0 Å². The molecule has 0 aromatic heterocycles. The molecular formula is C23H28ClN5O. The van der Waals surface area contributed by atoms with E-state index in [1.807, 2.05) is 60.5 Å². The minimum absolute atomic E-state index is 0.0144. The van der Waals surface area contributed by atoms with Gasteiger partial charge in [-0.1, -0.05) is 66.8 Å². The summed E-state index contributed by atoms with van der Waals surface area (Å²) >= 11 is 6.40. The van der Waals surface area contributed by atoms with Gasteiger partial charge in [0.05, 0.1) is 5.70 Å². The van der Waals surface area contributed by atoms with Crippen LogP contribution >= 0.6 is 11.6 Å². The summed E-state index contributed by atoms with van der Waals surface area (Å²) in [6.07, 6.45) is 12.2. The molecule has 1 unspecified atom stereocenters. The zero-order valence-corrected chi connectivity index (χ0v) is 17.8. The highest BCUT2D eigenvalue weighted by molar-refractivity contribution is 6.31. The molecule has 0 saturated carbocycles. The molecule has 0 aliphatic carbocycles. The molecule has 2 aliphatic heterocycles. The van der Waals surface area contributed by atoms with Gasteiger partial charge in [0.15, 0.2) is 0 Å². The fourth-order valence-corrected chi connectivity index (χ4v) is 3.58. The molecule has 0 spiro atoms. The van der Waals surface area contributed by atoms with Crippen molar-refractivity contribution in [2.24, 2.45) is 5.73 Å². The number of nitrogens with one attached hydrogen (secondary N) is 3. The zero-order chi connectivity index (χ0) is 21.5. The maximum absolute atomic E-state index is 12.8. The highest BCUT2D eigenvalue weighted by Crippen LogP contribution is 2.31. The number of nitrogens with two attached hydrogens (primary N) is 1. The van der Waals surface area contributed by atoms with Gasteiger partial charge in [-0.05, 0) is 24.1 Å². The molecule has 2 atom stereocenters. The number of nitrogens with zero attached hydrogens (tertiary/aromatic N) is 1. The van der Waals surface area contributed by atoms with E-state index in [1.165, 1.54) is 0 Å². The Morgan fingerprint density at radius 3 is 2.87 bits per heavy atom. The molecule has 6 nitrogen and oxygen atoms in total. The van der Waals surface area contributed by atoms with Gasteiger partial charge in [0.25, 0.3) is 5.91 Å². The molecule has 1 aromatic carbocycles. The van der Waals surface area contributed by atoms with E-state index in [-0.39, 0.29) is 18.1 Å². The summed E-state index contributed by atoms with van der Waals surface area (Å²) in [6.45, 7) is 6.21. The van der Waals surface area contributed by atoms with E-state index < -0.39 is 0 Å². The van der Waals surface area contributed by atoms with E-state index in [0.717, 1.165) is 16.8 Å². The first-order valence-corrected chi connectivity index (χ1v) is 10.3. The molecule has 0 radical (unpaired) electrons. The lowest BCUT2D eigenvalue weighted by Crippen LogP contribution is -2.49. The number of hydrazine groups is 1. The van der Waals surface area contributed by atoms with Crippen molar-refractivity contribution in [1.29, 1.82) is 0 Å². The Balaban J connectivity index is 1.90. The van der Waals surface area contributed by atoms with Crippen molar-refractivity contribution < 1.29 is 4.79 Å². The Hall–Kier alpha value is -2.64. The third kappa shape index (κ3) is 5.29. The van der Waals surface area contributed by atoms with Gasteiger partial charge in [0.2, 0.25) is 0 Å². The topological polar surface area (TPSA) is 82.4 Å². The molecule has 1 amide bonds. The van der Waals surface area contributed by atoms with Crippen molar-refractivity contribution >= 4 is 17.5 Å². The van der Waals surface area contributed by atoms with Crippen LogP contribution in [0.1, 0.15) is 18.9 Å². The van der Waals surface area contributed by atoms with Crippen molar-refractivity contribution in [2.75, 3.05) is 6.54 Å². The number of halogens is 1. The molecule has 158 valence electrons. The molecule has 2 heterocycles. The molecular weight excluding hydrogens is 398 g/mol. The molecule has 2 aliphatic rings. The lowest BCUT2D eigenvalue weighted by atomic mass is 10.0. The average Bonchev–Trinajstić information content (AvgIpc) is 3.09. The van der Waals surface area contributed by atoms with Crippen molar-refractivity contribution in [1.82, 2.24) is 21.1 Å². The number of amides is 1. The van der Waals surface area contributed by atoms with Gasteiger partial charge in [-0.15, -0.1) is 0 Å². The van der Waals surface area contributed by atoms with Crippen LogP contribution < -0.4 is 21.8 Å². The van der Waals surface area contributed by atoms with Crippen LogP contribution in [0.25, 0.3) is 0 Å². The van der Waals surface area contributed by atoms with Gasteiger partial charge in [-0.25, -0.2) is 5.43 Å². The molecule has 0 saturated heterocycles. The van der Waals surface area contributed by atoms with Gasteiger partial charge in [-0.3, -0.25) is 15.1 Å². The highest BCUT2D eigenvalue weighted by atomic mass is 35.5. The Kier molecular flexibility index (Phi) is 7.65. The van der Waals surface area contributed by atoms with Crippen LogP contribution in [0.15, 0.2) is 84.4 Å². The van der Waals surface area contributed by atoms with Gasteiger partial charge < -0.3 is 11.1 Å². The summed E-state index contributed by atoms with van der Waals surface area (Å²) in [6, 6.07) is 7.67. The minimum Gasteiger partial charge on any atom is -0.327 e. The van der Waals surface area contributed by atoms with Crippen molar-refractivity contribution in [3.8, 4) is 0 Å². The number of hydrogen-bond acceptors (Lipinski definition) is 5. The maximum atomic E-state index is 12.8. The highest BCUT2D eigenvalue weighted by Gasteiger charge is 2.38. The Bertz CT molecular complexity index is 916. The standard InChI is InChI=1S/C23H28ClN5O/c1-3-4-5-6-7-11-18-15-27-23(30)21-19(13-17-10-8-9-12-20(17)24)22(28-29(18)21)26-14-16(2)25/h3-10,12,15-16,22,26,28H,1,11,13-14,25H2,2H3,(H,27,30)/b5-4-,7-6-/t16-,22?/m1/s1. The molecule has 0 fully saturated rings. The Morgan fingerprint density at radius 2 is 2.13 bits per heavy atom. The number of hydrogen-bond donors (Lipinski definition) is 4. The van der Waals surface area contributed by atoms with E-state index in [9.17, 15) is 4.79 Å². The second kappa shape index (κ2) is 10.4. The molecule has 30 heavy (non-hydrogen) atoms. The molecule has 3 rings (SSSR count). The number of allylic oxidation sites excluding steroid dienone is 5. The first kappa shape index (κ1) is 22.1. The van der Waals surface area contributed by atoms with E-state index in [1.54, 1.807) is 12.3 Å². The lowest BCUT2D eigenvalue weighted by molar-refractivity contribution is -0.118. The Labute approximate surface area is 182 Å². The molecule has 0 bridgehead atoms. The smallest absolute Gasteiger partial charge is 0.273 e. The predicted molar refractivity (Wildman–Crippen MR) is 122 cm³/mol. The maximum Gasteiger partial charge on any atom is 0.273 e. The quantitative estimate of drug-likeness (QED) is 0.457. The van der Waals surface area contributed by atoms with E-state index >= 15 is 0 Å². The Morgan fingerprint density at radius 1 is 1.33 bits per heavy atom. The number of fused-ring (bicyclic) bond motifs is 1. The second-order valence-electron chi connectivity index (χ2n) is 7.29. The number of carbonyl (C=O) groups is 1. The van der Waals surface area contributed by atoms with Crippen LogP contribution in [-0.2, 0) is 11.2 Å². The fraction of sp³-hybridized carbons (Fsp3) is 0.261. The monoisotopic (exact) mass is 425 g/mol. The van der Waals surface area contributed by atoms with Gasteiger partial charge in [0, 0.05) is 36.7 Å². The molecule has 7 heteroatoms. The van der Waals surface area contributed by atoms with Crippen molar-refractivity contribution in [3.05, 3.63) is 95.0 Å². The first-order valence-electron chi connectivity index (χ1n) is 9.97. The van der Waals surface area contributed by atoms with Crippen LogP contribution in [0.2, 0.25) is 5.02 Å². The third-order valence-corrected chi connectivity index (χ3v) is 5.18.